The molecule has 3 N–H and O–H groups in total. The largest absolute Gasteiger partial charge is 0.480 e. The molecule has 1 fully saturated rings. The SMILES string of the molecule is CC(C)[C@H](NC(=O)CCCN1C(=O)CNC1=O)C(=O)O. The van der Waals surface area contributed by atoms with Gasteiger partial charge in [-0.25, -0.2) is 9.59 Å². The minimum absolute atomic E-state index is 0.0144. The van der Waals surface area contributed by atoms with E-state index in [4.69, 9.17) is 5.11 Å². The van der Waals surface area contributed by atoms with Crippen molar-refractivity contribution < 1.29 is 24.3 Å². The molecule has 1 rings (SSSR count). The second-order valence-corrected chi connectivity index (χ2v) is 4.94. The summed E-state index contributed by atoms with van der Waals surface area (Å²) in [5.74, 6) is -2.02. The van der Waals surface area contributed by atoms with Crippen molar-refractivity contribution in [1.82, 2.24) is 15.5 Å². The van der Waals surface area contributed by atoms with Crippen LogP contribution in [-0.2, 0) is 14.4 Å². The van der Waals surface area contributed by atoms with Gasteiger partial charge in [0.1, 0.15) is 6.04 Å². The predicted molar refractivity (Wildman–Crippen MR) is 68.8 cm³/mol. The lowest BCUT2D eigenvalue weighted by Gasteiger charge is -2.18. The molecular formula is C12H19N3O5. The van der Waals surface area contributed by atoms with Crippen LogP contribution in [0.4, 0.5) is 4.79 Å². The summed E-state index contributed by atoms with van der Waals surface area (Å²) in [6, 6.07) is -1.39. The van der Waals surface area contributed by atoms with Gasteiger partial charge in [0, 0.05) is 13.0 Å². The fourth-order valence-electron chi connectivity index (χ4n) is 1.84. The van der Waals surface area contributed by atoms with Crippen LogP contribution in [0.25, 0.3) is 0 Å². The number of carboxylic acids is 1. The molecule has 4 amide bonds. The Morgan fingerprint density at radius 3 is 2.50 bits per heavy atom. The second-order valence-electron chi connectivity index (χ2n) is 4.94. The van der Waals surface area contributed by atoms with Crippen LogP contribution in [0.1, 0.15) is 26.7 Å². The Labute approximate surface area is 116 Å². The highest BCUT2D eigenvalue weighted by Gasteiger charge is 2.28. The maximum absolute atomic E-state index is 11.6. The number of nitrogens with zero attached hydrogens (tertiary/aromatic N) is 1. The molecule has 0 aromatic rings. The molecule has 0 saturated carbocycles. The summed E-state index contributed by atoms with van der Waals surface area (Å²) in [6.07, 6.45) is 0.364. The zero-order valence-corrected chi connectivity index (χ0v) is 11.5. The van der Waals surface area contributed by atoms with E-state index in [-0.39, 0.29) is 31.3 Å². The molecule has 0 spiro atoms. The first-order valence-corrected chi connectivity index (χ1v) is 6.43. The molecule has 1 aliphatic rings. The fourth-order valence-corrected chi connectivity index (χ4v) is 1.84. The van der Waals surface area contributed by atoms with Gasteiger partial charge in [-0.05, 0) is 12.3 Å². The van der Waals surface area contributed by atoms with E-state index in [2.05, 4.69) is 10.6 Å². The van der Waals surface area contributed by atoms with E-state index in [1.165, 1.54) is 0 Å². The molecule has 0 aromatic heterocycles. The number of aliphatic carboxylic acids is 1. The van der Waals surface area contributed by atoms with Gasteiger partial charge in [-0.1, -0.05) is 13.8 Å². The molecule has 1 atom stereocenters. The minimum Gasteiger partial charge on any atom is -0.480 e. The number of imide groups is 1. The lowest BCUT2D eigenvalue weighted by molar-refractivity contribution is -0.143. The first-order valence-electron chi connectivity index (χ1n) is 6.43. The topological polar surface area (TPSA) is 116 Å². The number of rotatable bonds is 7. The number of hydrogen-bond donors (Lipinski definition) is 3. The van der Waals surface area contributed by atoms with Crippen LogP contribution in [0, 0.1) is 5.92 Å². The smallest absolute Gasteiger partial charge is 0.326 e. The summed E-state index contributed by atoms with van der Waals surface area (Å²) in [7, 11) is 0. The standard InChI is InChI=1S/C12H19N3O5/c1-7(2)10(11(18)19)14-8(16)4-3-5-15-9(17)6-13-12(15)20/h7,10H,3-6H2,1-2H3,(H,13,20)(H,14,16)(H,18,19)/t10-/m0/s1. The Hall–Kier alpha value is -2.12. The molecule has 0 unspecified atom stereocenters. The summed E-state index contributed by atoms with van der Waals surface area (Å²) in [5, 5.41) is 13.7. The van der Waals surface area contributed by atoms with Crippen molar-refractivity contribution in [1.29, 1.82) is 0 Å². The van der Waals surface area contributed by atoms with Gasteiger partial charge in [0.05, 0.1) is 6.54 Å². The van der Waals surface area contributed by atoms with Crippen molar-refractivity contribution in [2.75, 3.05) is 13.1 Å². The molecule has 20 heavy (non-hydrogen) atoms. The van der Waals surface area contributed by atoms with E-state index in [0.29, 0.717) is 6.42 Å². The Morgan fingerprint density at radius 2 is 2.05 bits per heavy atom. The Morgan fingerprint density at radius 1 is 1.40 bits per heavy atom. The molecule has 8 nitrogen and oxygen atoms in total. The van der Waals surface area contributed by atoms with Crippen molar-refractivity contribution in [2.45, 2.75) is 32.7 Å². The van der Waals surface area contributed by atoms with Crippen molar-refractivity contribution in [2.24, 2.45) is 5.92 Å². The summed E-state index contributed by atoms with van der Waals surface area (Å²) >= 11 is 0. The Kier molecular flexibility index (Phi) is 5.48. The molecule has 112 valence electrons. The average Bonchev–Trinajstić information content (AvgIpc) is 2.66. The first kappa shape index (κ1) is 15.9. The Bertz CT molecular complexity index is 405. The van der Waals surface area contributed by atoms with Crippen LogP contribution in [-0.4, -0.2) is 53.0 Å². The third-order valence-electron chi connectivity index (χ3n) is 2.97. The van der Waals surface area contributed by atoms with Crippen LogP contribution in [0.3, 0.4) is 0 Å². The first-order chi connectivity index (χ1) is 9.32. The van der Waals surface area contributed by atoms with Gasteiger partial charge in [-0.3, -0.25) is 14.5 Å². The molecule has 1 aliphatic heterocycles. The summed E-state index contributed by atoms with van der Waals surface area (Å²) < 4.78 is 0. The number of carboxylic acid groups (broad SMARTS) is 1. The maximum Gasteiger partial charge on any atom is 0.326 e. The maximum atomic E-state index is 11.6. The minimum atomic E-state index is -1.08. The van der Waals surface area contributed by atoms with E-state index >= 15 is 0 Å². The van der Waals surface area contributed by atoms with Crippen molar-refractivity contribution >= 4 is 23.8 Å². The molecule has 0 radical (unpaired) electrons. The number of hydrogen-bond acceptors (Lipinski definition) is 4. The highest BCUT2D eigenvalue weighted by Crippen LogP contribution is 2.05. The molecule has 0 aliphatic carbocycles. The van der Waals surface area contributed by atoms with E-state index in [1.807, 2.05) is 0 Å². The zero-order valence-electron chi connectivity index (χ0n) is 11.5. The van der Waals surface area contributed by atoms with Gasteiger partial charge in [0.25, 0.3) is 0 Å². The van der Waals surface area contributed by atoms with Crippen LogP contribution in [0.15, 0.2) is 0 Å². The van der Waals surface area contributed by atoms with Crippen molar-refractivity contribution in [3.8, 4) is 0 Å². The van der Waals surface area contributed by atoms with E-state index in [9.17, 15) is 19.2 Å². The molecule has 0 aromatic carbocycles. The number of carbonyl (C=O) groups is 4. The molecule has 1 heterocycles. The summed E-state index contributed by atoms with van der Waals surface area (Å²) in [5.41, 5.74) is 0. The number of nitrogens with one attached hydrogen (secondary N) is 2. The quantitative estimate of drug-likeness (QED) is 0.548. The van der Waals surface area contributed by atoms with Gasteiger partial charge in [0.15, 0.2) is 0 Å². The van der Waals surface area contributed by atoms with E-state index in [0.717, 1.165) is 4.90 Å². The van der Waals surface area contributed by atoms with Crippen LogP contribution >= 0.6 is 0 Å². The third kappa shape index (κ3) is 4.22. The molecular weight excluding hydrogens is 266 g/mol. The number of amides is 4. The fraction of sp³-hybridized carbons (Fsp3) is 0.667. The normalized spacial score (nSPS) is 16.2. The van der Waals surface area contributed by atoms with Gasteiger partial charge >= 0.3 is 12.0 Å². The van der Waals surface area contributed by atoms with Gasteiger partial charge in [-0.2, -0.15) is 0 Å². The molecule has 8 heteroatoms. The van der Waals surface area contributed by atoms with E-state index < -0.39 is 23.9 Å². The summed E-state index contributed by atoms with van der Waals surface area (Å²) in [4.78, 5) is 46.1. The molecule has 1 saturated heterocycles. The lowest BCUT2D eigenvalue weighted by atomic mass is 10.0. The van der Waals surface area contributed by atoms with Gasteiger partial charge < -0.3 is 15.7 Å². The highest BCUT2D eigenvalue weighted by atomic mass is 16.4. The summed E-state index contributed by atoms with van der Waals surface area (Å²) in [6.45, 7) is 3.54. The van der Waals surface area contributed by atoms with Crippen LogP contribution in [0.5, 0.6) is 0 Å². The molecule has 0 bridgehead atoms. The van der Waals surface area contributed by atoms with Crippen LogP contribution in [0.2, 0.25) is 0 Å². The van der Waals surface area contributed by atoms with Crippen molar-refractivity contribution in [3.63, 3.8) is 0 Å². The average molecular weight is 285 g/mol. The number of carbonyl (C=O) groups excluding carboxylic acids is 3. The van der Waals surface area contributed by atoms with E-state index in [1.54, 1.807) is 13.8 Å². The second kappa shape index (κ2) is 6.88. The van der Waals surface area contributed by atoms with Gasteiger partial charge in [0.2, 0.25) is 11.8 Å². The Balaban J connectivity index is 2.34. The number of urea groups is 1. The lowest BCUT2D eigenvalue weighted by Crippen LogP contribution is -2.44. The predicted octanol–water partition coefficient (Wildman–Crippen LogP) is -0.456. The van der Waals surface area contributed by atoms with Crippen LogP contribution < -0.4 is 10.6 Å². The monoisotopic (exact) mass is 285 g/mol. The third-order valence-corrected chi connectivity index (χ3v) is 2.97. The van der Waals surface area contributed by atoms with Gasteiger partial charge in [-0.15, -0.1) is 0 Å². The highest BCUT2D eigenvalue weighted by molar-refractivity contribution is 6.01. The van der Waals surface area contributed by atoms with Crippen molar-refractivity contribution in [3.05, 3.63) is 0 Å². The zero-order chi connectivity index (χ0) is 15.3.